The minimum Gasteiger partial charge on any atom is -0.316 e. The van der Waals surface area contributed by atoms with E-state index in [1.807, 2.05) is 19.0 Å². The second-order valence-corrected chi connectivity index (χ2v) is 5.44. The number of rotatable bonds is 2. The second-order valence-electron chi connectivity index (χ2n) is 5.44. The number of urea groups is 1. The minimum atomic E-state index is -0.0716. The third-order valence-corrected chi connectivity index (χ3v) is 4.99. The largest absolute Gasteiger partial charge is 0.324 e. The molecule has 1 saturated heterocycles. The van der Waals surface area contributed by atoms with Crippen LogP contribution in [0.2, 0.25) is 0 Å². The van der Waals surface area contributed by atoms with Crippen LogP contribution in [0.25, 0.3) is 0 Å². The Bertz CT molecular complexity index is 336. The Kier molecular flexibility index (Phi) is 2.34. The van der Waals surface area contributed by atoms with E-state index in [-0.39, 0.29) is 11.6 Å². The molecule has 0 atom stereocenters. The average molecular weight is 222 g/mol. The quantitative estimate of drug-likeness (QED) is 0.704. The van der Waals surface area contributed by atoms with E-state index in [0.29, 0.717) is 5.41 Å². The number of likely N-dealkylation sites (N-methyl/N-ethyl adjacent to an activating group) is 2. The lowest BCUT2D eigenvalue weighted by Gasteiger charge is -2.57. The van der Waals surface area contributed by atoms with Gasteiger partial charge in [-0.05, 0) is 18.3 Å². The van der Waals surface area contributed by atoms with E-state index >= 15 is 0 Å². The van der Waals surface area contributed by atoms with Crippen LogP contribution in [0, 0.1) is 5.41 Å². The third kappa shape index (κ3) is 1.12. The fourth-order valence-corrected chi connectivity index (χ4v) is 3.41. The van der Waals surface area contributed by atoms with Crippen LogP contribution in [0.15, 0.2) is 12.3 Å². The van der Waals surface area contributed by atoms with Gasteiger partial charge in [-0.15, -0.1) is 0 Å². The predicted molar refractivity (Wildman–Crippen MR) is 65.0 cm³/mol. The highest BCUT2D eigenvalue weighted by atomic mass is 16.2. The highest BCUT2D eigenvalue weighted by Gasteiger charge is 2.62. The Balaban J connectivity index is 2.25. The summed E-state index contributed by atoms with van der Waals surface area (Å²) in [5, 5.41) is 0. The number of carbonyl (C=O) groups excluding carboxylic acids is 1. The van der Waals surface area contributed by atoms with Crippen molar-refractivity contribution >= 4 is 6.03 Å². The summed E-state index contributed by atoms with van der Waals surface area (Å²) in [6.07, 6.45) is 4.56. The second kappa shape index (κ2) is 3.25. The maximum atomic E-state index is 11.9. The molecule has 90 valence electrons. The molecule has 1 saturated carbocycles. The first-order valence-electron chi connectivity index (χ1n) is 6.13. The highest BCUT2D eigenvalue weighted by Crippen LogP contribution is 2.60. The van der Waals surface area contributed by atoms with Crippen LogP contribution in [0.3, 0.4) is 0 Å². The van der Waals surface area contributed by atoms with Crippen molar-refractivity contribution < 1.29 is 4.79 Å². The number of hydrogen-bond donors (Lipinski definition) is 0. The molecule has 1 aliphatic carbocycles. The summed E-state index contributed by atoms with van der Waals surface area (Å²) in [6.45, 7) is 8.61. The first kappa shape index (κ1) is 11.5. The SMILES string of the molecule is C=C1N(C)C(=O)N(C)C12CC(CC)(CC)C2. The first-order chi connectivity index (χ1) is 7.42. The molecule has 0 N–H and O–H groups in total. The third-order valence-electron chi connectivity index (χ3n) is 4.99. The van der Waals surface area contributed by atoms with Gasteiger partial charge < -0.3 is 4.90 Å². The lowest BCUT2D eigenvalue weighted by atomic mass is 9.54. The Morgan fingerprint density at radius 3 is 2.06 bits per heavy atom. The molecule has 1 heterocycles. The van der Waals surface area contributed by atoms with Crippen LogP contribution in [-0.2, 0) is 0 Å². The summed E-state index contributed by atoms with van der Waals surface area (Å²) in [5.74, 6) is 0. The predicted octanol–water partition coefficient (Wildman–Crippen LogP) is 2.84. The normalized spacial score (nSPS) is 26.5. The van der Waals surface area contributed by atoms with Gasteiger partial charge in [0.1, 0.15) is 0 Å². The summed E-state index contributed by atoms with van der Waals surface area (Å²) in [7, 11) is 3.74. The molecule has 0 aromatic rings. The van der Waals surface area contributed by atoms with E-state index in [1.54, 1.807) is 4.90 Å². The zero-order valence-corrected chi connectivity index (χ0v) is 10.8. The van der Waals surface area contributed by atoms with Gasteiger partial charge >= 0.3 is 6.03 Å². The standard InChI is InChI=1S/C13H22N2O/c1-6-12(7-2)8-13(9-12)10(3)14(4)11(16)15(13)5/h3,6-9H2,1-2,4-5H3. The van der Waals surface area contributed by atoms with Crippen molar-refractivity contribution in [1.82, 2.24) is 9.80 Å². The smallest absolute Gasteiger partial charge is 0.316 e. The van der Waals surface area contributed by atoms with Gasteiger partial charge in [-0.3, -0.25) is 4.90 Å². The van der Waals surface area contributed by atoms with Gasteiger partial charge in [0.25, 0.3) is 0 Å². The lowest BCUT2D eigenvalue weighted by Crippen LogP contribution is -2.59. The van der Waals surface area contributed by atoms with Gasteiger partial charge in [0.15, 0.2) is 0 Å². The molecular formula is C13H22N2O. The molecule has 2 fully saturated rings. The van der Waals surface area contributed by atoms with E-state index in [0.717, 1.165) is 18.5 Å². The van der Waals surface area contributed by atoms with Gasteiger partial charge in [0.2, 0.25) is 0 Å². The van der Waals surface area contributed by atoms with E-state index < -0.39 is 0 Å². The highest BCUT2D eigenvalue weighted by molar-refractivity contribution is 5.82. The van der Waals surface area contributed by atoms with Crippen LogP contribution < -0.4 is 0 Å². The van der Waals surface area contributed by atoms with Crippen LogP contribution in [0.1, 0.15) is 39.5 Å². The number of nitrogens with zero attached hydrogens (tertiary/aromatic N) is 2. The molecule has 3 nitrogen and oxygen atoms in total. The molecule has 0 unspecified atom stereocenters. The van der Waals surface area contributed by atoms with Crippen molar-refractivity contribution in [3.8, 4) is 0 Å². The molecule has 0 aromatic carbocycles. The molecule has 2 amide bonds. The molecule has 3 heteroatoms. The Morgan fingerprint density at radius 2 is 1.75 bits per heavy atom. The number of carbonyl (C=O) groups is 1. The topological polar surface area (TPSA) is 23.6 Å². The molecule has 2 aliphatic rings. The Morgan fingerprint density at radius 1 is 1.25 bits per heavy atom. The monoisotopic (exact) mass is 222 g/mol. The molecule has 1 spiro atoms. The zero-order chi connectivity index (χ0) is 12.1. The maximum absolute atomic E-state index is 11.9. The molecule has 16 heavy (non-hydrogen) atoms. The fourth-order valence-electron chi connectivity index (χ4n) is 3.41. The van der Waals surface area contributed by atoms with E-state index in [2.05, 4.69) is 20.4 Å². The fraction of sp³-hybridized carbons (Fsp3) is 0.769. The van der Waals surface area contributed by atoms with Crippen molar-refractivity contribution in [2.24, 2.45) is 5.41 Å². The summed E-state index contributed by atoms with van der Waals surface area (Å²) < 4.78 is 0. The molecule has 0 radical (unpaired) electrons. The van der Waals surface area contributed by atoms with Crippen molar-refractivity contribution in [3.63, 3.8) is 0 Å². The summed E-state index contributed by atoms with van der Waals surface area (Å²) in [5.41, 5.74) is 1.35. The summed E-state index contributed by atoms with van der Waals surface area (Å²) in [6, 6.07) is 0.0887. The van der Waals surface area contributed by atoms with E-state index in [9.17, 15) is 4.79 Å². The Hall–Kier alpha value is -0.990. The summed E-state index contributed by atoms with van der Waals surface area (Å²) >= 11 is 0. The van der Waals surface area contributed by atoms with Crippen LogP contribution >= 0.6 is 0 Å². The van der Waals surface area contributed by atoms with Crippen molar-refractivity contribution in [2.75, 3.05) is 14.1 Å². The number of amides is 2. The van der Waals surface area contributed by atoms with Gasteiger partial charge in [-0.2, -0.15) is 0 Å². The molecular weight excluding hydrogens is 200 g/mol. The molecule has 0 aromatic heterocycles. The lowest BCUT2D eigenvalue weighted by molar-refractivity contribution is -0.0235. The van der Waals surface area contributed by atoms with Crippen LogP contribution in [0.4, 0.5) is 4.79 Å². The minimum absolute atomic E-state index is 0.0716. The Labute approximate surface area is 98.1 Å². The van der Waals surface area contributed by atoms with Gasteiger partial charge in [0, 0.05) is 19.8 Å². The first-order valence-corrected chi connectivity index (χ1v) is 6.13. The van der Waals surface area contributed by atoms with Gasteiger partial charge in [-0.25, -0.2) is 4.79 Å². The molecule has 2 rings (SSSR count). The van der Waals surface area contributed by atoms with Crippen molar-refractivity contribution in [3.05, 3.63) is 12.3 Å². The summed E-state index contributed by atoms with van der Waals surface area (Å²) in [4.78, 5) is 15.5. The maximum Gasteiger partial charge on any atom is 0.324 e. The van der Waals surface area contributed by atoms with Gasteiger partial charge in [-0.1, -0.05) is 33.3 Å². The van der Waals surface area contributed by atoms with Crippen molar-refractivity contribution in [1.29, 1.82) is 0 Å². The average Bonchev–Trinajstić information content (AvgIpc) is 2.40. The number of hydrogen-bond acceptors (Lipinski definition) is 1. The van der Waals surface area contributed by atoms with Gasteiger partial charge in [0.05, 0.1) is 5.54 Å². The molecule has 1 aliphatic heterocycles. The zero-order valence-electron chi connectivity index (χ0n) is 10.8. The molecule has 0 bridgehead atoms. The van der Waals surface area contributed by atoms with Crippen LogP contribution in [-0.4, -0.2) is 35.5 Å². The van der Waals surface area contributed by atoms with E-state index in [4.69, 9.17) is 0 Å². The van der Waals surface area contributed by atoms with Crippen LogP contribution in [0.5, 0.6) is 0 Å². The van der Waals surface area contributed by atoms with E-state index in [1.165, 1.54) is 12.8 Å². The van der Waals surface area contributed by atoms with Crippen molar-refractivity contribution in [2.45, 2.75) is 45.1 Å².